The van der Waals surface area contributed by atoms with E-state index in [0.717, 1.165) is 23.0 Å². The zero-order valence-electron chi connectivity index (χ0n) is 19.1. The number of carbonyl (C=O) groups is 2. The van der Waals surface area contributed by atoms with Gasteiger partial charge in [-0.3, -0.25) is 14.7 Å². The van der Waals surface area contributed by atoms with E-state index >= 15 is 0 Å². The number of halogens is 1. The van der Waals surface area contributed by atoms with Crippen LogP contribution in [0.1, 0.15) is 25.6 Å². The molecule has 0 aliphatic heterocycles. The summed E-state index contributed by atoms with van der Waals surface area (Å²) in [5.74, 6) is -0.187. The van der Waals surface area contributed by atoms with Crippen LogP contribution in [-0.4, -0.2) is 27.0 Å². The summed E-state index contributed by atoms with van der Waals surface area (Å²) in [6.45, 7) is 1.79. The molecule has 178 valence electrons. The Kier molecular flexibility index (Phi) is 6.38. The lowest BCUT2D eigenvalue weighted by atomic mass is 10.1. The number of hydrogen-bond acceptors (Lipinski definition) is 5. The summed E-state index contributed by atoms with van der Waals surface area (Å²) in [6.07, 6.45) is 0. The average Bonchev–Trinajstić information content (AvgIpc) is 3.52. The number of para-hydroxylation sites is 1. The normalized spacial score (nSPS) is 10.7. The highest BCUT2D eigenvalue weighted by Gasteiger charge is 2.18. The summed E-state index contributed by atoms with van der Waals surface area (Å²) in [7, 11) is 0. The molecule has 2 heterocycles. The lowest BCUT2D eigenvalue weighted by Crippen LogP contribution is -2.12. The van der Waals surface area contributed by atoms with Crippen LogP contribution < -0.4 is 10.6 Å². The van der Waals surface area contributed by atoms with Gasteiger partial charge >= 0.3 is 0 Å². The van der Waals surface area contributed by atoms with Crippen LogP contribution in [0, 0.1) is 12.7 Å². The lowest BCUT2D eigenvalue weighted by Gasteiger charge is -2.09. The fourth-order valence-corrected chi connectivity index (χ4v) is 4.62. The van der Waals surface area contributed by atoms with E-state index in [2.05, 4.69) is 25.8 Å². The van der Waals surface area contributed by atoms with Gasteiger partial charge in [-0.25, -0.2) is 9.37 Å². The molecule has 0 spiro atoms. The van der Waals surface area contributed by atoms with Crippen molar-refractivity contribution in [1.29, 1.82) is 0 Å². The van der Waals surface area contributed by atoms with Crippen molar-refractivity contribution in [1.82, 2.24) is 15.2 Å². The van der Waals surface area contributed by atoms with Gasteiger partial charge in [0.2, 0.25) is 0 Å². The summed E-state index contributed by atoms with van der Waals surface area (Å²) < 4.78 is 13.4. The molecule has 7 nitrogen and oxygen atoms in total. The zero-order chi connectivity index (χ0) is 25.1. The van der Waals surface area contributed by atoms with Crippen molar-refractivity contribution >= 4 is 33.8 Å². The first-order chi connectivity index (χ1) is 17.5. The number of rotatable bonds is 6. The molecule has 0 fully saturated rings. The van der Waals surface area contributed by atoms with Crippen LogP contribution in [0.25, 0.3) is 22.8 Å². The van der Waals surface area contributed by atoms with Crippen LogP contribution in [0.5, 0.6) is 0 Å². The van der Waals surface area contributed by atoms with Crippen LogP contribution in [0.2, 0.25) is 0 Å². The van der Waals surface area contributed by atoms with Gasteiger partial charge in [0.15, 0.2) is 11.6 Å². The number of thiophene rings is 1. The molecular formula is C27H20FN5O2S. The van der Waals surface area contributed by atoms with E-state index in [-0.39, 0.29) is 11.5 Å². The van der Waals surface area contributed by atoms with Crippen molar-refractivity contribution in [3.63, 3.8) is 0 Å². The van der Waals surface area contributed by atoms with Gasteiger partial charge in [0, 0.05) is 16.7 Å². The minimum absolute atomic E-state index is 0.197. The van der Waals surface area contributed by atoms with Crippen LogP contribution >= 0.6 is 11.3 Å². The fourth-order valence-electron chi connectivity index (χ4n) is 3.66. The number of nitrogens with one attached hydrogen (secondary N) is 3. The number of carbonyl (C=O) groups excluding carboxylic acids is 2. The van der Waals surface area contributed by atoms with Crippen LogP contribution in [-0.2, 0) is 0 Å². The summed E-state index contributed by atoms with van der Waals surface area (Å²) in [5, 5.41) is 13.4. The predicted octanol–water partition coefficient (Wildman–Crippen LogP) is 6.15. The molecule has 2 amide bonds. The Morgan fingerprint density at radius 1 is 0.889 bits per heavy atom. The number of hydrogen-bond donors (Lipinski definition) is 3. The van der Waals surface area contributed by atoms with Crippen molar-refractivity contribution in [2.24, 2.45) is 0 Å². The number of aromatic amines is 1. The van der Waals surface area contributed by atoms with Crippen molar-refractivity contribution in [2.45, 2.75) is 6.92 Å². The third-order valence-electron chi connectivity index (χ3n) is 5.40. The van der Waals surface area contributed by atoms with Gasteiger partial charge in [0.1, 0.15) is 5.82 Å². The molecule has 0 bridgehead atoms. The Bertz CT molecular complexity index is 1560. The second-order valence-electron chi connectivity index (χ2n) is 7.96. The Balaban J connectivity index is 1.35. The molecule has 5 rings (SSSR count). The van der Waals surface area contributed by atoms with E-state index < -0.39 is 11.7 Å². The van der Waals surface area contributed by atoms with Crippen molar-refractivity contribution in [3.8, 4) is 22.8 Å². The van der Waals surface area contributed by atoms with Gasteiger partial charge in [-0.2, -0.15) is 5.10 Å². The van der Waals surface area contributed by atoms with E-state index in [0.29, 0.717) is 38.3 Å². The first-order valence-electron chi connectivity index (χ1n) is 11.0. The highest BCUT2D eigenvalue weighted by atomic mass is 32.1. The number of amides is 2. The quantitative estimate of drug-likeness (QED) is 0.262. The maximum Gasteiger partial charge on any atom is 0.266 e. The molecule has 0 aliphatic rings. The van der Waals surface area contributed by atoms with E-state index in [1.165, 1.54) is 18.2 Å². The summed E-state index contributed by atoms with van der Waals surface area (Å²) in [4.78, 5) is 30.7. The predicted molar refractivity (Wildman–Crippen MR) is 139 cm³/mol. The molecule has 36 heavy (non-hydrogen) atoms. The Hall–Kier alpha value is -4.63. The van der Waals surface area contributed by atoms with Gasteiger partial charge in [-0.1, -0.05) is 48.5 Å². The molecule has 0 atom stereocenters. The highest BCUT2D eigenvalue weighted by Crippen LogP contribution is 2.31. The zero-order valence-corrected chi connectivity index (χ0v) is 19.9. The van der Waals surface area contributed by atoms with E-state index in [9.17, 15) is 14.0 Å². The Labute approximate surface area is 210 Å². The second kappa shape index (κ2) is 9.93. The van der Waals surface area contributed by atoms with Crippen LogP contribution in [0.15, 0.2) is 84.9 Å². The van der Waals surface area contributed by atoms with Crippen LogP contribution in [0.4, 0.5) is 15.1 Å². The lowest BCUT2D eigenvalue weighted by molar-refractivity contribution is 0.102. The van der Waals surface area contributed by atoms with Crippen molar-refractivity contribution < 1.29 is 14.0 Å². The molecule has 0 aliphatic carbocycles. The molecule has 3 aromatic carbocycles. The monoisotopic (exact) mass is 497 g/mol. The number of H-pyrrole nitrogens is 1. The largest absolute Gasteiger partial charge is 0.321 e. The molecule has 3 N–H and O–H groups in total. The molecule has 9 heteroatoms. The molecule has 0 unspecified atom stereocenters. The number of aryl methyl sites for hydroxylation is 1. The minimum atomic E-state index is -0.494. The smallest absolute Gasteiger partial charge is 0.266 e. The first-order valence-corrected chi connectivity index (χ1v) is 11.9. The van der Waals surface area contributed by atoms with Crippen molar-refractivity contribution in [3.05, 3.63) is 107 Å². The molecule has 0 saturated carbocycles. The number of anilines is 2. The Morgan fingerprint density at radius 2 is 1.67 bits per heavy atom. The van der Waals surface area contributed by atoms with Crippen molar-refractivity contribution in [2.75, 3.05) is 10.6 Å². The van der Waals surface area contributed by atoms with Gasteiger partial charge < -0.3 is 10.6 Å². The topological polar surface area (TPSA) is 99.8 Å². The maximum atomic E-state index is 13.4. The summed E-state index contributed by atoms with van der Waals surface area (Å²) in [5.41, 5.74) is 3.03. The Morgan fingerprint density at radius 3 is 2.47 bits per heavy atom. The third-order valence-corrected chi connectivity index (χ3v) is 6.55. The maximum absolute atomic E-state index is 13.4. The van der Waals surface area contributed by atoms with E-state index in [1.54, 1.807) is 19.1 Å². The van der Waals surface area contributed by atoms with E-state index in [1.807, 2.05) is 48.5 Å². The van der Waals surface area contributed by atoms with Gasteiger partial charge in [0.05, 0.1) is 15.6 Å². The minimum Gasteiger partial charge on any atom is -0.321 e. The SMILES string of the molecule is Cc1cc(NC(=O)c2cccc(F)c2)sc1C(=O)Nc1ccccc1-c1nc(-c2ccccc2)n[nH]1. The summed E-state index contributed by atoms with van der Waals surface area (Å²) >= 11 is 1.14. The van der Waals surface area contributed by atoms with E-state index in [4.69, 9.17) is 0 Å². The fraction of sp³-hybridized carbons (Fsp3) is 0.0370. The van der Waals surface area contributed by atoms with Gasteiger partial charge in [0.25, 0.3) is 11.8 Å². The van der Waals surface area contributed by atoms with Gasteiger partial charge in [-0.15, -0.1) is 11.3 Å². The molecule has 2 aromatic heterocycles. The number of nitrogens with zero attached hydrogens (tertiary/aromatic N) is 2. The number of aromatic nitrogens is 3. The molecule has 0 radical (unpaired) electrons. The molecule has 0 saturated heterocycles. The third kappa shape index (κ3) is 4.91. The average molecular weight is 498 g/mol. The highest BCUT2D eigenvalue weighted by molar-refractivity contribution is 7.18. The van der Waals surface area contributed by atoms with Crippen LogP contribution in [0.3, 0.4) is 0 Å². The number of benzene rings is 3. The second-order valence-corrected chi connectivity index (χ2v) is 9.01. The first kappa shape index (κ1) is 23.1. The molecular weight excluding hydrogens is 477 g/mol. The van der Waals surface area contributed by atoms with Gasteiger partial charge in [-0.05, 0) is 48.9 Å². The molecule has 5 aromatic rings. The summed E-state index contributed by atoms with van der Waals surface area (Å²) in [6, 6.07) is 24.0. The standard InChI is InChI=1S/C27H20FN5O2S/c1-16-14-22(30-26(34)18-10-7-11-19(28)15-18)36-23(16)27(35)29-21-13-6-5-12-20(21)25-31-24(32-33-25)17-8-3-2-4-9-17/h2-15H,1H3,(H,29,35)(H,30,34)(H,31,32,33).